The van der Waals surface area contributed by atoms with Gasteiger partial charge in [0.2, 0.25) is 5.91 Å². The van der Waals surface area contributed by atoms with Crippen molar-refractivity contribution in [3.05, 3.63) is 76.8 Å². The van der Waals surface area contributed by atoms with E-state index >= 15 is 0 Å². The molecule has 0 aliphatic heterocycles. The molecule has 7 nitrogen and oxygen atoms in total. The van der Waals surface area contributed by atoms with Gasteiger partial charge in [0.25, 0.3) is 0 Å². The number of anilines is 2. The van der Waals surface area contributed by atoms with Gasteiger partial charge in [-0.1, -0.05) is 35.5 Å². The fourth-order valence-corrected chi connectivity index (χ4v) is 3.27. The van der Waals surface area contributed by atoms with Crippen LogP contribution in [-0.4, -0.2) is 34.4 Å². The number of benzene rings is 2. The van der Waals surface area contributed by atoms with Crippen LogP contribution in [0.5, 0.6) is 0 Å². The van der Waals surface area contributed by atoms with E-state index in [1.165, 1.54) is 11.8 Å². The number of esters is 1. The van der Waals surface area contributed by atoms with E-state index in [1.807, 2.05) is 36.4 Å². The highest BCUT2D eigenvalue weighted by atomic mass is 35.5. The van der Waals surface area contributed by atoms with Gasteiger partial charge in [-0.2, -0.15) is 0 Å². The molecule has 0 fully saturated rings. The number of carbonyl (C=O) groups excluding carboxylic acids is 2. The third-order valence-electron chi connectivity index (χ3n) is 4.06. The van der Waals surface area contributed by atoms with Crippen LogP contribution in [0.15, 0.2) is 65.7 Å². The summed E-state index contributed by atoms with van der Waals surface area (Å²) in [6.45, 7) is 2.67. The molecule has 2 N–H and O–H groups in total. The fourth-order valence-electron chi connectivity index (χ4n) is 2.53. The number of halogens is 1. The summed E-state index contributed by atoms with van der Waals surface area (Å²) < 4.78 is 4.94. The molecule has 0 saturated carbocycles. The van der Waals surface area contributed by atoms with E-state index in [0.29, 0.717) is 40.3 Å². The third-order valence-corrected chi connectivity index (χ3v) is 5.23. The van der Waals surface area contributed by atoms with Crippen molar-refractivity contribution in [2.45, 2.75) is 18.5 Å². The quantitative estimate of drug-likeness (QED) is 0.357. The lowest BCUT2D eigenvalue weighted by Gasteiger charge is -2.07. The summed E-state index contributed by atoms with van der Waals surface area (Å²) in [6.07, 6.45) is 0. The van der Waals surface area contributed by atoms with Crippen molar-refractivity contribution < 1.29 is 14.3 Å². The Morgan fingerprint density at radius 2 is 1.74 bits per heavy atom. The zero-order chi connectivity index (χ0) is 22.1. The molecule has 0 unspecified atom stereocenters. The first kappa shape index (κ1) is 22.6. The molecule has 2 aromatic carbocycles. The number of thioether (sulfide) groups is 1. The molecular weight excluding hydrogens is 436 g/mol. The smallest absolute Gasteiger partial charge is 0.338 e. The lowest BCUT2D eigenvalue weighted by Crippen LogP contribution is -2.14. The summed E-state index contributed by atoms with van der Waals surface area (Å²) >= 11 is 7.17. The zero-order valence-corrected chi connectivity index (χ0v) is 18.4. The Morgan fingerprint density at radius 3 is 2.39 bits per heavy atom. The van der Waals surface area contributed by atoms with E-state index in [2.05, 4.69) is 20.8 Å². The average Bonchev–Trinajstić information content (AvgIpc) is 2.79. The Morgan fingerprint density at radius 1 is 1.00 bits per heavy atom. The minimum atomic E-state index is -0.388. The van der Waals surface area contributed by atoms with Crippen molar-refractivity contribution in [1.29, 1.82) is 0 Å². The van der Waals surface area contributed by atoms with E-state index in [9.17, 15) is 9.59 Å². The van der Waals surface area contributed by atoms with Crippen LogP contribution < -0.4 is 10.6 Å². The summed E-state index contributed by atoms with van der Waals surface area (Å²) in [5, 5.41) is 15.6. The average molecular weight is 457 g/mol. The molecule has 31 heavy (non-hydrogen) atoms. The van der Waals surface area contributed by atoms with Crippen molar-refractivity contribution in [3.63, 3.8) is 0 Å². The van der Waals surface area contributed by atoms with Crippen LogP contribution in [0.4, 0.5) is 11.5 Å². The molecule has 1 heterocycles. The van der Waals surface area contributed by atoms with Gasteiger partial charge in [-0.05, 0) is 61.0 Å². The first-order valence-electron chi connectivity index (χ1n) is 9.55. The molecule has 1 amide bonds. The Labute approximate surface area is 189 Å². The summed E-state index contributed by atoms with van der Waals surface area (Å²) in [4.78, 5) is 23.8. The largest absolute Gasteiger partial charge is 0.462 e. The van der Waals surface area contributed by atoms with Crippen molar-refractivity contribution in [3.8, 4) is 0 Å². The van der Waals surface area contributed by atoms with E-state index in [0.717, 1.165) is 5.56 Å². The minimum Gasteiger partial charge on any atom is -0.462 e. The molecule has 0 atom stereocenters. The Bertz CT molecular complexity index is 1010. The van der Waals surface area contributed by atoms with E-state index in [1.54, 1.807) is 31.2 Å². The van der Waals surface area contributed by atoms with Gasteiger partial charge in [-0.25, -0.2) is 4.79 Å². The Balaban J connectivity index is 1.43. The monoisotopic (exact) mass is 456 g/mol. The standard InChI is InChI=1S/C22H21ClN4O3S/c1-2-30-22(29)16-5-9-18(10-6-16)25-20(28)14-31-21-12-11-19(26-27-21)24-13-15-3-7-17(23)8-4-15/h3-12H,2,13-14H2,1H3,(H,24,26)(H,25,28). The first-order valence-corrected chi connectivity index (χ1v) is 10.9. The van der Waals surface area contributed by atoms with Gasteiger partial charge in [-0.3, -0.25) is 4.79 Å². The van der Waals surface area contributed by atoms with Crippen molar-refractivity contribution in [2.75, 3.05) is 23.0 Å². The molecule has 0 aliphatic carbocycles. The summed E-state index contributed by atoms with van der Waals surface area (Å²) in [6, 6.07) is 17.7. The predicted octanol–water partition coefficient (Wildman–Crippen LogP) is 4.65. The highest BCUT2D eigenvalue weighted by molar-refractivity contribution is 7.99. The lowest BCUT2D eigenvalue weighted by atomic mass is 10.2. The lowest BCUT2D eigenvalue weighted by molar-refractivity contribution is -0.113. The maximum absolute atomic E-state index is 12.2. The summed E-state index contributed by atoms with van der Waals surface area (Å²) in [5.41, 5.74) is 2.12. The molecule has 0 radical (unpaired) electrons. The number of amides is 1. The Hall–Kier alpha value is -3.10. The minimum absolute atomic E-state index is 0.180. The van der Waals surface area contributed by atoms with Crippen molar-refractivity contribution in [2.24, 2.45) is 0 Å². The van der Waals surface area contributed by atoms with Crippen LogP contribution in [0.3, 0.4) is 0 Å². The first-order chi connectivity index (χ1) is 15.0. The van der Waals surface area contributed by atoms with Crippen LogP contribution in [-0.2, 0) is 16.1 Å². The summed E-state index contributed by atoms with van der Waals surface area (Å²) in [7, 11) is 0. The van der Waals surface area contributed by atoms with Crippen LogP contribution in [0, 0.1) is 0 Å². The highest BCUT2D eigenvalue weighted by Gasteiger charge is 2.08. The van der Waals surface area contributed by atoms with Crippen LogP contribution >= 0.6 is 23.4 Å². The highest BCUT2D eigenvalue weighted by Crippen LogP contribution is 2.17. The molecule has 3 rings (SSSR count). The number of aromatic nitrogens is 2. The van der Waals surface area contributed by atoms with Crippen LogP contribution in [0.2, 0.25) is 5.02 Å². The van der Waals surface area contributed by atoms with Gasteiger partial charge < -0.3 is 15.4 Å². The third kappa shape index (κ3) is 7.27. The predicted molar refractivity (Wildman–Crippen MR) is 123 cm³/mol. The molecule has 3 aromatic rings. The number of nitrogens with one attached hydrogen (secondary N) is 2. The second kappa shape index (κ2) is 11.3. The molecule has 160 valence electrons. The van der Waals surface area contributed by atoms with Crippen LogP contribution in [0.1, 0.15) is 22.8 Å². The molecule has 0 spiro atoms. The van der Waals surface area contributed by atoms with Gasteiger partial charge in [0.15, 0.2) is 0 Å². The number of carbonyl (C=O) groups is 2. The van der Waals surface area contributed by atoms with Crippen LogP contribution in [0.25, 0.3) is 0 Å². The molecule has 0 saturated heterocycles. The zero-order valence-electron chi connectivity index (χ0n) is 16.8. The molecular formula is C22H21ClN4O3S. The van der Waals surface area contributed by atoms with E-state index in [-0.39, 0.29) is 17.6 Å². The van der Waals surface area contributed by atoms with Gasteiger partial charge in [0.1, 0.15) is 10.8 Å². The van der Waals surface area contributed by atoms with Gasteiger partial charge in [0.05, 0.1) is 17.9 Å². The molecule has 1 aromatic heterocycles. The fraction of sp³-hybridized carbons (Fsp3) is 0.182. The Kier molecular flexibility index (Phi) is 8.26. The normalized spacial score (nSPS) is 10.4. The van der Waals surface area contributed by atoms with Gasteiger partial charge in [0, 0.05) is 17.3 Å². The SMILES string of the molecule is CCOC(=O)c1ccc(NC(=O)CSc2ccc(NCc3ccc(Cl)cc3)nn2)cc1. The second-order valence-corrected chi connectivity index (χ2v) is 7.80. The maximum atomic E-state index is 12.2. The molecule has 9 heteroatoms. The number of hydrogen-bond donors (Lipinski definition) is 2. The molecule has 0 aliphatic rings. The number of hydrogen-bond acceptors (Lipinski definition) is 7. The van der Waals surface area contributed by atoms with Crippen molar-refractivity contribution >= 4 is 46.7 Å². The van der Waals surface area contributed by atoms with Gasteiger partial charge >= 0.3 is 5.97 Å². The van der Waals surface area contributed by atoms with E-state index < -0.39 is 0 Å². The second-order valence-electron chi connectivity index (χ2n) is 6.37. The summed E-state index contributed by atoms with van der Waals surface area (Å²) in [5.74, 6) is 0.262. The van der Waals surface area contributed by atoms with E-state index in [4.69, 9.17) is 16.3 Å². The number of nitrogens with zero attached hydrogens (tertiary/aromatic N) is 2. The molecule has 0 bridgehead atoms. The number of ether oxygens (including phenoxy) is 1. The maximum Gasteiger partial charge on any atom is 0.338 e. The number of rotatable bonds is 9. The van der Waals surface area contributed by atoms with Crippen molar-refractivity contribution in [1.82, 2.24) is 10.2 Å². The van der Waals surface area contributed by atoms with Gasteiger partial charge in [-0.15, -0.1) is 10.2 Å². The topological polar surface area (TPSA) is 93.2 Å².